The third-order valence-electron chi connectivity index (χ3n) is 3.20. The predicted molar refractivity (Wildman–Crippen MR) is 78.8 cm³/mol. The van der Waals surface area contributed by atoms with E-state index in [1.165, 1.54) is 15.5 Å². The number of hydrogen-bond donors (Lipinski definition) is 2. The maximum Gasteiger partial charge on any atom is 0.327 e. The lowest BCUT2D eigenvalue weighted by atomic mass is 9.59. The molecular weight excluding hydrogens is 243 g/mol. The molecular formula is C14H13BO2S. The fourth-order valence-electron chi connectivity index (χ4n) is 2.31. The quantitative estimate of drug-likeness (QED) is 0.705. The van der Waals surface area contributed by atoms with Crippen molar-refractivity contribution in [2.24, 2.45) is 0 Å². The first kappa shape index (κ1) is 11.7. The van der Waals surface area contributed by atoms with E-state index < -0.39 is 6.92 Å². The fourth-order valence-corrected chi connectivity index (χ4v) is 3.57. The van der Waals surface area contributed by atoms with E-state index in [2.05, 4.69) is 18.2 Å². The number of fused-ring (bicyclic) bond motifs is 3. The van der Waals surface area contributed by atoms with E-state index in [1.807, 2.05) is 24.3 Å². The zero-order valence-corrected chi connectivity index (χ0v) is 10.7. The molecule has 0 radical (unpaired) electrons. The number of hydrogen-bond acceptors (Lipinski definition) is 3. The third-order valence-corrected chi connectivity index (χ3v) is 4.43. The van der Waals surface area contributed by atoms with Crippen molar-refractivity contribution >= 4 is 43.9 Å². The van der Waals surface area contributed by atoms with Gasteiger partial charge in [0.2, 0.25) is 0 Å². The molecule has 0 saturated heterocycles. The topological polar surface area (TPSA) is 40.5 Å². The van der Waals surface area contributed by atoms with Crippen molar-refractivity contribution in [3.63, 3.8) is 0 Å². The van der Waals surface area contributed by atoms with Crippen molar-refractivity contribution in [2.75, 3.05) is 6.61 Å². The number of thiophene rings is 1. The van der Waals surface area contributed by atoms with Gasteiger partial charge in [-0.1, -0.05) is 36.4 Å². The summed E-state index contributed by atoms with van der Waals surface area (Å²) in [6, 6.07) is 14.3. The summed E-state index contributed by atoms with van der Waals surface area (Å²) in [7, 11) is 0. The minimum atomic E-state index is -0.591. The molecule has 0 saturated carbocycles. The van der Waals surface area contributed by atoms with Gasteiger partial charge in [-0.2, -0.15) is 0 Å². The first-order valence-electron chi connectivity index (χ1n) is 6.00. The van der Waals surface area contributed by atoms with Crippen LogP contribution >= 0.6 is 11.3 Å². The van der Waals surface area contributed by atoms with Gasteiger partial charge in [0, 0.05) is 21.4 Å². The Morgan fingerprint density at radius 1 is 1.00 bits per heavy atom. The molecule has 1 heterocycles. The lowest BCUT2D eigenvalue weighted by Gasteiger charge is -2.06. The van der Waals surface area contributed by atoms with Crippen LogP contribution in [0.1, 0.15) is 0 Å². The van der Waals surface area contributed by atoms with Crippen LogP contribution < -0.4 is 5.46 Å². The van der Waals surface area contributed by atoms with Crippen LogP contribution in [0, 0.1) is 0 Å². The highest BCUT2D eigenvalue weighted by atomic mass is 32.1. The van der Waals surface area contributed by atoms with Crippen molar-refractivity contribution < 1.29 is 10.1 Å². The highest BCUT2D eigenvalue weighted by molar-refractivity contribution is 7.27. The van der Waals surface area contributed by atoms with Crippen molar-refractivity contribution in [3.05, 3.63) is 42.5 Å². The average Bonchev–Trinajstić information content (AvgIpc) is 2.77. The van der Waals surface area contributed by atoms with Crippen LogP contribution in [0.3, 0.4) is 0 Å². The van der Waals surface area contributed by atoms with Gasteiger partial charge in [-0.25, -0.2) is 0 Å². The third kappa shape index (κ3) is 1.83. The lowest BCUT2D eigenvalue weighted by molar-refractivity contribution is 0.313. The Bertz CT molecular complexity index is 692. The van der Waals surface area contributed by atoms with E-state index in [1.54, 1.807) is 11.3 Å². The van der Waals surface area contributed by atoms with Crippen molar-refractivity contribution in [2.45, 2.75) is 6.32 Å². The molecule has 0 unspecified atom stereocenters. The minimum Gasteiger partial charge on any atom is -0.446 e. The van der Waals surface area contributed by atoms with Gasteiger partial charge in [0.25, 0.3) is 0 Å². The van der Waals surface area contributed by atoms with Gasteiger partial charge < -0.3 is 10.1 Å². The molecule has 90 valence electrons. The summed E-state index contributed by atoms with van der Waals surface area (Å²) in [6.07, 6.45) is 0.382. The van der Waals surface area contributed by atoms with Gasteiger partial charge in [-0.15, -0.1) is 11.3 Å². The van der Waals surface area contributed by atoms with Crippen LogP contribution in [0.25, 0.3) is 20.2 Å². The van der Waals surface area contributed by atoms with Crippen LogP contribution in [0.2, 0.25) is 6.32 Å². The number of aliphatic hydroxyl groups excluding tert-OH is 1. The largest absolute Gasteiger partial charge is 0.446 e. The van der Waals surface area contributed by atoms with E-state index in [0.29, 0.717) is 6.32 Å². The van der Waals surface area contributed by atoms with Crippen molar-refractivity contribution in [3.8, 4) is 0 Å². The zero-order valence-electron chi connectivity index (χ0n) is 9.84. The number of aliphatic hydroxyl groups is 1. The highest BCUT2D eigenvalue weighted by Crippen LogP contribution is 2.32. The standard InChI is InChI=1S/C14H13BO2S/c16-9-8-15(17)12-6-3-5-11-10-4-1-2-7-13(10)18-14(11)12/h1-7,16-17H,8-9H2. The van der Waals surface area contributed by atoms with Crippen LogP contribution in [-0.2, 0) is 0 Å². The number of benzene rings is 2. The Balaban J connectivity index is 2.27. The van der Waals surface area contributed by atoms with Crippen molar-refractivity contribution in [1.29, 1.82) is 0 Å². The molecule has 0 aliphatic rings. The maximum atomic E-state index is 10.1. The van der Waals surface area contributed by atoms with E-state index in [9.17, 15) is 5.02 Å². The summed E-state index contributed by atoms with van der Waals surface area (Å²) in [5, 5.41) is 21.5. The predicted octanol–water partition coefficient (Wildman–Crippen LogP) is 2.24. The summed E-state index contributed by atoms with van der Waals surface area (Å²) in [6.45, 7) is -0.589. The van der Waals surface area contributed by atoms with Gasteiger partial charge in [-0.05, 0) is 23.2 Å². The molecule has 3 rings (SSSR count). The van der Waals surface area contributed by atoms with Gasteiger partial charge in [0.15, 0.2) is 0 Å². The summed E-state index contributed by atoms with van der Waals surface area (Å²) >= 11 is 1.70. The normalized spacial score (nSPS) is 11.2. The smallest absolute Gasteiger partial charge is 0.327 e. The molecule has 3 aromatic rings. The molecule has 0 atom stereocenters. The van der Waals surface area contributed by atoms with Gasteiger partial charge in [0.1, 0.15) is 0 Å². The Kier molecular flexibility index (Phi) is 3.08. The molecule has 1 aromatic heterocycles. The van der Waals surface area contributed by atoms with Crippen LogP contribution in [0.5, 0.6) is 0 Å². The van der Waals surface area contributed by atoms with Crippen molar-refractivity contribution in [1.82, 2.24) is 0 Å². The SMILES string of the molecule is OCCB(O)c1cccc2c1sc1ccccc12. The summed E-state index contributed by atoms with van der Waals surface area (Å²) in [5.74, 6) is 0. The number of rotatable bonds is 3. The van der Waals surface area contributed by atoms with Gasteiger partial charge >= 0.3 is 6.92 Å². The fraction of sp³-hybridized carbons (Fsp3) is 0.143. The summed E-state index contributed by atoms with van der Waals surface area (Å²) in [4.78, 5) is 0. The molecule has 0 amide bonds. The summed E-state index contributed by atoms with van der Waals surface area (Å²) in [5.41, 5.74) is 0.919. The van der Waals surface area contributed by atoms with Crippen LogP contribution in [0.15, 0.2) is 42.5 Å². The molecule has 18 heavy (non-hydrogen) atoms. The second-order valence-electron chi connectivity index (χ2n) is 4.35. The monoisotopic (exact) mass is 256 g/mol. The Labute approximate surface area is 110 Å². The second-order valence-corrected chi connectivity index (χ2v) is 5.40. The Morgan fingerprint density at radius 3 is 2.61 bits per heavy atom. The van der Waals surface area contributed by atoms with Crippen LogP contribution in [-0.4, -0.2) is 23.7 Å². The van der Waals surface area contributed by atoms with Crippen LogP contribution in [0.4, 0.5) is 0 Å². The average molecular weight is 256 g/mol. The van der Waals surface area contributed by atoms with E-state index >= 15 is 0 Å². The molecule has 2 aromatic carbocycles. The van der Waals surface area contributed by atoms with E-state index in [0.717, 1.165) is 10.2 Å². The molecule has 0 aliphatic carbocycles. The molecule has 2 nitrogen and oxygen atoms in total. The minimum absolute atomic E-state index is 0.00243. The molecule has 0 bridgehead atoms. The molecule has 0 aliphatic heterocycles. The molecule has 0 spiro atoms. The Morgan fingerprint density at radius 2 is 1.78 bits per heavy atom. The lowest BCUT2D eigenvalue weighted by Crippen LogP contribution is -2.30. The van der Waals surface area contributed by atoms with Gasteiger partial charge in [0.05, 0.1) is 0 Å². The zero-order chi connectivity index (χ0) is 12.5. The molecule has 4 heteroatoms. The molecule has 2 N–H and O–H groups in total. The molecule has 0 fully saturated rings. The first-order chi connectivity index (χ1) is 8.81. The Hall–Kier alpha value is -1.36. The highest BCUT2D eigenvalue weighted by Gasteiger charge is 2.18. The van der Waals surface area contributed by atoms with E-state index in [-0.39, 0.29) is 6.61 Å². The maximum absolute atomic E-state index is 10.1. The summed E-state index contributed by atoms with van der Waals surface area (Å²) < 4.78 is 2.36. The van der Waals surface area contributed by atoms with Gasteiger partial charge in [-0.3, -0.25) is 0 Å². The first-order valence-corrected chi connectivity index (χ1v) is 6.82. The van der Waals surface area contributed by atoms with E-state index in [4.69, 9.17) is 5.11 Å². The second kappa shape index (κ2) is 4.73.